The Morgan fingerprint density at radius 2 is 2.32 bits per heavy atom. The van der Waals surface area contributed by atoms with Crippen LogP contribution >= 0.6 is 0 Å². The fraction of sp³-hybridized carbons (Fsp3) is 0.417. The van der Waals surface area contributed by atoms with Gasteiger partial charge in [0.1, 0.15) is 11.3 Å². The SMILES string of the molecule is NC1(C(=O)Nc2cccc(OC(F)F)c2)CCOC1. The Hall–Kier alpha value is -1.73. The highest BCUT2D eigenvalue weighted by atomic mass is 19.3. The van der Waals surface area contributed by atoms with Gasteiger partial charge >= 0.3 is 6.61 Å². The van der Waals surface area contributed by atoms with Crippen LogP contribution < -0.4 is 15.8 Å². The van der Waals surface area contributed by atoms with Crippen molar-refractivity contribution in [2.45, 2.75) is 18.6 Å². The molecule has 7 heteroatoms. The first-order valence-corrected chi connectivity index (χ1v) is 5.72. The van der Waals surface area contributed by atoms with Crippen LogP contribution in [0.2, 0.25) is 0 Å². The van der Waals surface area contributed by atoms with Gasteiger partial charge in [0.2, 0.25) is 5.91 Å². The van der Waals surface area contributed by atoms with Crippen LogP contribution in [0.4, 0.5) is 14.5 Å². The number of rotatable bonds is 4. The minimum atomic E-state index is -2.91. The van der Waals surface area contributed by atoms with E-state index < -0.39 is 18.1 Å². The molecule has 104 valence electrons. The summed E-state index contributed by atoms with van der Waals surface area (Å²) < 4.78 is 33.5. The van der Waals surface area contributed by atoms with Gasteiger partial charge in [-0.05, 0) is 18.6 Å². The fourth-order valence-corrected chi connectivity index (χ4v) is 1.77. The van der Waals surface area contributed by atoms with Crippen molar-refractivity contribution in [3.05, 3.63) is 24.3 Å². The number of hydrogen-bond acceptors (Lipinski definition) is 4. The van der Waals surface area contributed by atoms with Crippen LogP contribution in [0.15, 0.2) is 24.3 Å². The Morgan fingerprint density at radius 1 is 1.53 bits per heavy atom. The third-order valence-electron chi connectivity index (χ3n) is 2.82. The molecule has 1 aliphatic rings. The molecule has 19 heavy (non-hydrogen) atoms. The number of nitrogens with two attached hydrogens (primary N) is 1. The smallest absolute Gasteiger partial charge is 0.387 e. The third-order valence-corrected chi connectivity index (χ3v) is 2.82. The van der Waals surface area contributed by atoms with Gasteiger partial charge in [-0.3, -0.25) is 4.79 Å². The molecule has 5 nitrogen and oxygen atoms in total. The summed E-state index contributed by atoms with van der Waals surface area (Å²) in [7, 11) is 0. The maximum Gasteiger partial charge on any atom is 0.387 e. The number of carbonyl (C=O) groups is 1. The van der Waals surface area contributed by atoms with Crippen molar-refractivity contribution in [3.8, 4) is 5.75 Å². The van der Waals surface area contributed by atoms with Crippen LogP contribution in [-0.2, 0) is 9.53 Å². The predicted molar refractivity (Wildman–Crippen MR) is 64.1 cm³/mol. The minimum absolute atomic E-state index is 0.0263. The van der Waals surface area contributed by atoms with Gasteiger partial charge in [-0.2, -0.15) is 8.78 Å². The number of carbonyl (C=O) groups excluding carboxylic acids is 1. The van der Waals surface area contributed by atoms with Gasteiger partial charge in [0.25, 0.3) is 0 Å². The summed E-state index contributed by atoms with van der Waals surface area (Å²) in [6.45, 7) is -2.33. The number of anilines is 1. The summed E-state index contributed by atoms with van der Waals surface area (Å²) in [5.41, 5.74) is 5.16. The van der Waals surface area contributed by atoms with E-state index in [0.717, 1.165) is 0 Å². The fourth-order valence-electron chi connectivity index (χ4n) is 1.77. The summed E-state index contributed by atoms with van der Waals surface area (Å²) in [6.07, 6.45) is 0.423. The lowest BCUT2D eigenvalue weighted by atomic mass is 9.99. The summed E-state index contributed by atoms with van der Waals surface area (Å²) in [4.78, 5) is 12.0. The van der Waals surface area contributed by atoms with Crippen LogP contribution in [-0.4, -0.2) is 31.3 Å². The van der Waals surface area contributed by atoms with Crippen molar-refractivity contribution in [2.24, 2.45) is 5.73 Å². The van der Waals surface area contributed by atoms with E-state index in [1.54, 1.807) is 6.07 Å². The Balaban J connectivity index is 2.04. The summed E-state index contributed by atoms with van der Waals surface area (Å²) in [6, 6.07) is 5.75. The molecule has 1 saturated heterocycles. The van der Waals surface area contributed by atoms with Crippen LogP contribution in [0.1, 0.15) is 6.42 Å². The molecule has 0 spiro atoms. The molecule has 0 bridgehead atoms. The van der Waals surface area contributed by atoms with Crippen LogP contribution in [0.5, 0.6) is 5.75 Å². The topological polar surface area (TPSA) is 73.6 Å². The molecule has 0 aliphatic carbocycles. The van der Waals surface area contributed by atoms with Gasteiger partial charge in [-0.15, -0.1) is 0 Å². The third kappa shape index (κ3) is 3.39. The number of amides is 1. The maximum absolute atomic E-state index is 12.1. The van der Waals surface area contributed by atoms with Gasteiger partial charge in [0.15, 0.2) is 0 Å². The Bertz CT molecular complexity index is 462. The number of benzene rings is 1. The predicted octanol–water partition coefficient (Wildman–Crippen LogP) is 1.34. The van der Waals surface area contributed by atoms with Crippen molar-refractivity contribution in [1.82, 2.24) is 0 Å². The zero-order valence-corrected chi connectivity index (χ0v) is 10.1. The van der Waals surface area contributed by atoms with E-state index >= 15 is 0 Å². The van der Waals surface area contributed by atoms with E-state index in [1.165, 1.54) is 18.2 Å². The molecule has 0 aromatic heterocycles. The summed E-state index contributed by atoms with van der Waals surface area (Å²) in [5.74, 6) is -0.430. The van der Waals surface area contributed by atoms with Gasteiger partial charge < -0.3 is 20.5 Å². The molecule has 1 amide bonds. The zero-order valence-electron chi connectivity index (χ0n) is 10.1. The largest absolute Gasteiger partial charge is 0.435 e. The number of ether oxygens (including phenoxy) is 2. The molecule has 1 aliphatic heterocycles. The molecular formula is C12H14F2N2O3. The Kier molecular flexibility index (Phi) is 3.96. The Morgan fingerprint density at radius 3 is 2.95 bits per heavy atom. The standard InChI is InChI=1S/C12H14F2N2O3/c13-11(14)19-9-3-1-2-8(6-9)16-10(17)12(15)4-5-18-7-12/h1-3,6,11H,4-5,7,15H2,(H,16,17). The van der Waals surface area contributed by atoms with Gasteiger partial charge in [0.05, 0.1) is 6.61 Å². The van der Waals surface area contributed by atoms with E-state index in [2.05, 4.69) is 10.1 Å². The lowest BCUT2D eigenvalue weighted by molar-refractivity contribution is -0.121. The summed E-state index contributed by atoms with van der Waals surface area (Å²) in [5, 5.41) is 2.57. The first kappa shape index (κ1) is 13.7. The van der Waals surface area contributed by atoms with Crippen molar-refractivity contribution in [3.63, 3.8) is 0 Å². The first-order valence-electron chi connectivity index (χ1n) is 5.72. The molecule has 1 fully saturated rings. The molecule has 1 aromatic carbocycles. The van der Waals surface area contributed by atoms with Gasteiger partial charge in [-0.25, -0.2) is 0 Å². The van der Waals surface area contributed by atoms with E-state index in [0.29, 0.717) is 18.7 Å². The maximum atomic E-state index is 12.1. The molecule has 1 atom stereocenters. The van der Waals surface area contributed by atoms with Crippen molar-refractivity contribution < 1.29 is 23.0 Å². The zero-order chi connectivity index (χ0) is 13.9. The highest BCUT2D eigenvalue weighted by Crippen LogP contribution is 2.22. The van der Waals surface area contributed by atoms with Gasteiger partial charge in [0, 0.05) is 18.4 Å². The van der Waals surface area contributed by atoms with Crippen LogP contribution in [0.3, 0.4) is 0 Å². The minimum Gasteiger partial charge on any atom is -0.435 e. The second-order valence-corrected chi connectivity index (χ2v) is 4.32. The second kappa shape index (κ2) is 5.50. The van der Waals surface area contributed by atoms with Crippen molar-refractivity contribution in [1.29, 1.82) is 0 Å². The van der Waals surface area contributed by atoms with Crippen LogP contribution in [0.25, 0.3) is 0 Å². The monoisotopic (exact) mass is 272 g/mol. The van der Waals surface area contributed by atoms with E-state index in [-0.39, 0.29) is 12.4 Å². The average molecular weight is 272 g/mol. The van der Waals surface area contributed by atoms with Gasteiger partial charge in [-0.1, -0.05) is 6.07 Å². The highest BCUT2D eigenvalue weighted by Gasteiger charge is 2.38. The number of alkyl halides is 2. The molecule has 0 saturated carbocycles. The number of nitrogens with one attached hydrogen (secondary N) is 1. The van der Waals surface area contributed by atoms with E-state index in [1.807, 2.05) is 0 Å². The quantitative estimate of drug-likeness (QED) is 0.867. The molecule has 3 N–H and O–H groups in total. The van der Waals surface area contributed by atoms with Crippen molar-refractivity contribution in [2.75, 3.05) is 18.5 Å². The first-order chi connectivity index (χ1) is 8.99. The second-order valence-electron chi connectivity index (χ2n) is 4.32. The van der Waals surface area contributed by atoms with Crippen molar-refractivity contribution >= 4 is 11.6 Å². The summed E-state index contributed by atoms with van der Waals surface area (Å²) >= 11 is 0. The lowest BCUT2D eigenvalue weighted by Gasteiger charge is -2.20. The van der Waals surface area contributed by atoms with E-state index in [9.17, 15) is 13.6 Å². The number of hydrogen-bond donors (Lipinski definition) is 2. The Labute approximate surface area is 108 Å². The molecule has 1 heterocycles. The molecule has 1 unspecified atom stereocenters. The van der Waals surface area contributed by atoms with Crippen LogP contribution in [0, 0.1) is 0 Å². The molecular weight excluding hydrogens is 258 g/mol. The molecule has 1 aromatic rings. The highest BCUT2D eigenvalue weighted by molar-refractivity contribution is 5.98. The average Bonchev–Trinajstić information content (AvgIpc) is 2.77. The van der Waals surface area contributed by atoms with E-state index in [4.69, 9.17) is 10.5 Å². The normalized spacial score (nSPS) is 22.5. The molecule has 0 radical (unpaired) electrons. The lowest BCUT2D eigenvalue weighted by Crippen LogP contribution is -2.51. The molecule has 2 rings (SSSR count). The number of halogens is 2.